The number of carbonyl (C=O) groups is 2. The summed E-state index contributed by atoms with van der Waals surface area (Å²) in [6.45, 7) is 7.37. The van der Waals surface area contributed by atoms with E-state index in [1.165, 1.54) is 0 Å². The van der Waals surface area contributed by atoms with Crippen LogP contribution in [0.15, 0.2) is 0 Å². The van der Waals surface area contributed by atoms with Crippen LogP contribution >= 0.6 is 0 Å². The van der Waals surface area contributed by atoms with E-state index in [1.807, 2.05) is 20.8 Å². The Bertz CT molecular complexity index is 260. The SMILES string of the molecule is CCC(OC(N)=O)C(OC(N)=O)C(C)(C)C. The fraction of sp³-hybridized carbons (Fsp3) is 0.800. The molecular formula is C10H20N2O4. The fourth-order valence-electron chi connectivity index (χ4n) is 1.44. The van der Waals surface area contributed by atoms with Crippen LogP contribution in [0.1, 0.15) is 34.1 Å². The van der Waals surface area contributed by atoms with Gasteiger partial charge in [0.15, 0.2) is 0 Å². The van der Waals surface area contributed by atoms with Crippen molar-refractivity contribution in [1.29, 1.82) is 0 Å². The van der Waals surface area contributed by atoms with Crippen LogP contribution in [0.4, 0.5) is 9.59 Å². The minimum absolute atomic E-state index is 0.398. The molecule has 0 aromatic heterocycles. The number of ether oxygens (including phenoxy) is 2. The Kier molecular flexibility index (Phi) is 5.07. The summed E-state index contributed by atoms with van der Waals surface area (Å²) in [6.07, 6.45) is -2.52. The van der Waals surface area contributed by atoms with Crippen LogP contribution in [-0.2, 0) is 9.47 Å². The summed E-state index contributed by atoms with van der Waals surface area (Å²) in [5.74, 6) is 0. The Morgan fingerprint density at radius 2 is 1.56 bits per heavy atom. The van der Waals surface area contributed by atoms with E-state index >= 15 is 0 Å². The highest BCUT2D eigenvalue weighted by atomic mass is 16.6. The van der Waals surface area contributed by atoms with Crippen LogP contribution < -0.4 is 11.5 Å². The lowest BCUT2D eigenvalue weighted by atomic mass is 9.84. The number of amides is 2. The van der Waals surface area contributed by atoms with Crippen LogP contribution in [0, 0.1) is 5.41 Å². The zero-order valence-electron chi connectivity index (χ0n) is 10.1. The van der Waals surface area contributed by atoms with Crippen molar-refractivity contribution in [1.82, 2.24) is 0 Å². The molecule has 0 heterocycles. The van der Waals surface area contributed by atoms with Gasteiger partial charge in [-0.05, 0) is 6.42 Å². The maximum Gasteiger partial charge on any atom is 0.404 e. The minimum Gasteiger partial charge on any atom is -0.442 e. The zero-order chi connectivity index (χ0) is 12.9. The van der Waals surface area contributed by atoms with Crippen molar-refractivity contribution in [2.45, 2.75) is 46.3 Å². The van der Waals surface area contributed by atoms with Crippen LogP contribution in [0.25, 0.3) is 0 Å². The molecule has 0 radical (unpaired) electrons. The Morgan fingerprint density at radius 1 is 1.12 bits per heavy atom. The molecule has 6 nitrogen and oxygen atoms in total. The molecule has 0 aromatic carbocycles. The first-order valence-corrected chi connectivity index (χ1v) is 5.10. The second-order valence-electron chi connectivity index (χ2n) is 4.61. The lowest BCUT2D eigenvalue weighted by Gasteiger charge is -2.34. The molecule has 0 saturated heterocycles. The molecule has 0 aromatic rings. The average Bonchev–Trinajstić information content (AvgIpc) is 2.08. The van der Waals surface area contributed by atoms with E-state index in [9.17, 15) is 9.59 Å². The largest absolute Gasteiger partial charge is 0.442 e. The maximum atomic E-state index is 10.8. The number of hydrogen-bond acceptors (Lipinski definition) is 4. The molecule has 0 rings (SSSR count). The first-order chi connectivity index (χ1) is 7.18. The van der Waals surface area contributed by atoms with Crippen LogP contribution in [0.3, 0.4) is 0 Å². The summed E-state index contributed by atoms with van der Waals surface area (Å²) in [6, 6.07) is 0. The third-order valence-corrected chi connectivity index (χ3v) is 2.10. The van der Waals surface area contributed by atoms with E-state index in [0.717, 1.165) is 0 Å². The van der Waals surface area contributed by atoms with Crippen molar-refractivity contribution < 1.29 is 19.1 Å². The predicted octanol–water partition coefficient (Wildman–Crippen LogP) is 1.37. The van der Waals surface area contributed by atoms with Gasteiger partial charge >= 0.3 is 12.2 Å². The molecule has 0 fully saturated rings. The summed E-state index contributed by atoms with van der Waals surface area (Å²) in [5, 5.41) is 0. The van der Waals surface area contributed by atoms with Crippen molar-refractivity contribution in [3.63, 3.8) is 0 Å². The summed E-state index contributed by atoms with van der Waals surface area (Å²) in [7, 11) is 0. The van der Waals surface area contributed by atoms with Gasteiger partial charge in [-0.25, -0.2) is 9.59 Å². The second-order valence-corrected chi connectivity index (χ2v) is 4.61. The quantitative estimate of drug-likeness (QED) is 0.763. The Labute approximate surface area is 95.3 Å². The van der Waals surface area contributed by atoms with Gasteiger partial charge in [-0.1, -0.05) is 27.7 Å². The summed E-state index contributed by atoms with van der Waals surface area (Å²) in [5.41, 5.74) is 9.53. The molecule has 4 N–H and O–H groups in total. The predicted molar refractivity (Wildman–Crippen MR) is 58.7 cm³/mol. The number of nitrogens with two attached hydrogens (primary N) is 2. The topological polar surface area (TPSA) is 105 Å². The molecule has 2 amide bonds. The molecule has 2 unspecified atom stereocenters. The standard InChI is InChI=1S/C10H20N2O4/c1-5-6(15-8(11)13)7(10(2,3)4)16-9(12)14/h6-7H,5H2,1-4H3,(H2,11,13)(H2,12,14). The number of primary amides is 2. The third kappa shape index (κ3) is 4.86. The van der Waals surface area contributed by atoms with Crippen molar-refractivity contribution in [3.8, 4) is 0 Å². The molecule has 0 aliphatic rings. The lowest BCUT2D eigenvalue weighted by Crippen LogP contribution is -2.45. The highest BCUT2D eigenvalue weighted by Gasteiger charge is 2.36. The molecule has 0 aliphatic heterocycles. The van der Waals surface area contributed by atoms with Gasteiger partial charge in [-0.2, -0.15) is 0 Å². The van der Waals surface area contributed by atoms with Gasteiger partial charge in [-0.15, -0.1) is 0 Å². The van der Waals surface area contributed by atoms with Gasteiger partial charge in [0.1, 0.15) is 12.2 Å². The van der Waals surface area contributed by atoms with Crippen LogP contribution in [0.2, 0.25) is 0 Å². The summed E-state index contributed by atoms with van der Waals surface area (Å²) in [4.78, 5) is 21.5. The summed E-state index contributed by atoms with van der Waals surface area (Å²) < 4.78 is 9.87. The Hall–Kier alpha value is -1.46. The van der Waals surface area contributed by atoms with Gasteiger partial charge in [0.25, 0.3) is 0 Å². The Balaban J connectivity index is 4.83. The van der Waals surface area contributed by atoms with E-state index in [2.05, 4.69) is 0 Å². The van der Waals surface area contributed by atoms with Crippen molar-refractivity contribution in [2.24, 2.45) is 16.9 Å². The molecule has 16 heavy (non-hydrogen) atoms. The Morgan fingerprint density at radius 3 is 1.81 bits per heavy atom. The van der Waals surface area contributed by atoms with E-state index in [0.29, 0.717) is 6.42 Å². The average molecular weight is 232 g/mol. The number of carbonyl (C=O) groups excluding carboxylic acids is 2. The third-order valence-electron chi connectivity index (χ3n) is 2.10. The molecular weight excluding hydrogens is 212 g/mol. The maximum absolute atomic E-state index is 10.8. The highest BCUT2D eigenvalue weighted by Crippen LogP contribution is 2.28. The molecule has 0 spiro atoms. The van der Waals surface area contributed by atoms with Gasteiger partial charge in [0.2, 0.25) is 0 Å². The minimum atomic E-state index is -0.897. The lowest BCUT2D eigenvalue weighted by molar-refractivity contribution is -0.0558. The van der Waals surface area contributed by atoms with E-state index in [-0.39, 0.29) is 0 Å². The summed E-state index contributed by atoms with van der Waals surface area (Å²) >= 11 is 0. The van der Waals surface area contributed by atoms with Crippen LogP contribution in [-0.4, -0.2) is 24.4 Å². The second kappa shape index (κ2) is 5.58. The molecule has 6 heteroatoms. The van der Waals surface area contributed by atoms with Gasteiger partial charge in [0, 0.05) is 5.41 Å². The van der Waals surface area contributed by atoms with E-state index < -0.39 is 29.8 Å². The van der Waals surface area contributed by atoms with Gasteiger partial charge in [-0.3, -0.25) is 0 Å². The first-order valence-electron chi connectivity index (χ1n) is 5.10. The molecule has 0 aliphatic carbocycles. The zero-order valence-corrected chi connectivity index (χ0v) is 10.1. The number of rotatable bonds is 4. The molecule has 0 saturated carbocycles. The van der Waals surface area contributed by atoms with Gasteiger partial charge in [0.05, 0.1) is 0 Å². The monoisotopic (exact) mass is 232 g/mol. The normalized spacial score (nSPS) is 15.0. The molecule has 2 atom stereocenters. The highest BCUT2D eigenvalue weighted by molar-refractivity contribution is 5.66. The fourth-order valence-corrected chi connectivity index (χ4v) is 1.44. The first kappa shape index (κ1) is 14.5. The molecule has 0 bridgehead atoms. The smallest absolute Gasteiger partial charge is 0.404 e. The van der Waals surface area contributed by atoms with E-state index in [4.69, 9.17) is 20.9 Å². The van der Waals surface area contributed by atoms with Crippen molar-refractivity contribution >= 4 is 12.2 Å². The van der Waals surface area contributed by atoms with Crippen LogP contribution in [0.5, 0.6) is 0 Å². The van der Waals surface area contributed by atoms with E-state index in [1.54, 1.807) is 6.92 Å². The van der Waals surface area contributed by atoms with Gasteiger partial charge < -0.3 is 20.9 Å². The molecule has 94 valence electrons. The van der Waals surface area contributed by atoms with Crippen molar-refractivity contribution in [2.75, 3.05) is 0 Å². The number of hydrogen-bond donors (Lipinski definition) is 2. The van der Waals surface area contributed by atoms with Crippen molar-refractivity contribution in [3.05, 3.63) is 0 Å².